The van der Waals surface area contributed by atoms with Crippen LogP contribution in [0.2, 0.25) is 6.55 Å². The van der Waals surface area contributed by atoms with Crippen LogP contribution in [-0.2, 0) is 17.5 Å². The molecule has 0 N–H and O–H groups in total. The minimum Gasteiger partial charge on any atom is -0.499 e. The molecule has 0 bridgehead atoms. The summed E-state index contributed by atoms with van der Waals surface area (Å²) in [5.74, 6) is 0. The van der Waals surface area contributed by atoms with Crippen LogP contribution < -0.4 is 0 Å². The molecule has 0 aliphatic carbocycles. The predicted molar refractivity (Wildman–Crippen MR) is 26.8 cm³/mol. The molecule has 0 aromatic carbocycles. The van der Waals surface area contributed by atoms with Crippen LogP contribution in [0.4, 0.5) is 0 Å². The molecule has 0 aliphatic rings. The number of hydrogen-bond acceptors (Lipinski definition) is 4. The van der Waals surface area contributed by atoms with Crippen LogP contribution in [-0.4, -0.2) is 25.2 Å². The molecule has 0 spiro atoms. The van der Waals surface area contributed by atoms with Gasteiger partial charge in [0.1, 0.15) is 0 Å². The highest BCUT2D eigenvalue weighted by Crippen LogP contribution is 1.73. The van der Waals surface area contributed by atoms with Crippen molar-refractivity contribution in [1.82, 2.24) is 0 Å². The summed E-state index contributed by atoms with van der Waals surface area (Å²) in [6, 6.07) is 0. The van der Waals surface area contributed by atoms with Gasteiger partial charge in [0.2, 0.25) is 0 Å². The lowest BCUT2D eigenvalue weighted by Crippen LogP contribution is -2.14. The van der Waals surface area contributed by atoms with Gasteiger partial charge < -0.3 is 13.0 Å². The van der Waals surface area contributed by atoms with E-state index < -0.39 is 18.1 Å². The molecule has 46 valence electrons. The summed E-state index contributed by atoms with van der Waals surface area (Å²) in [5, 5.41) is 0. The lowest BCUT2D eigenvalue weighted by molar-refractivity contribution is 0.276. The van der Waals surface area contributed by atoms with Crippen molar-refractivity contribution in [3.8, 4) is 0 Å². The lowest BCUT2D eigenvalue weighted by Gasteiger charge is -1.92. The fourth-order valence-corrected chi connectivity index (χ4v) is 1.43. The van der Waals surface area contributed by atoms with Gasteiger partial charge in [-0.05, 0) is 0 Å². The Hall–Kier alpha value is -0.366. The fraction of sp³-hybridized carbons (Fsp3) is 1.00. The largest absolute Gasteiger partial charge is 0.759 e. The average Bonchev–Trinajstić information content (AvgIpc) is 1.65. The van der Waals surface area contributed by atoms with Crippen LogP contribution >= 0.6 is 0 Å². The van der Waals surface area contributed by atoms with Gasteiger partial charge in [0.25, 0.3) is 0 Å². The van der Waals surface area contributed by atoms with Gasteiger partial charge in [-0.3, -0.25) is 4.46 Å². The molecule has 0 fully saturated rings. The van der Waals surface area contributed by atoms with Crippen molar-refractivity contribution < 1.29 is 17.5 Å². The first-order chi connectivity index (χ1) is 3.66. The second-order valence-electron chi connectivity index (χ2n) is 1.05. The number of rotatable bonds is 3. The van der Waals surface area contributed by atoms with Gasteiger partial charge in [-0.1, -0.05) is 0 Å². The second kappa shape index (κ2) is 3.61. The summed E-state index contributed by atoms with van der Waals surface area (Å²) >= 11 is 0. The Morgan fingerprint density at radius 1 is 1.38 bits per heavy atom. The van der Waals surface area contributed by atoms with Crippen LogP contribution in [0.5, 0.6) is 0 Å². The van der Waals surface area contributed by atoms with Gasteiger partial charge in [0.05, 0.1) is 7.11 Å². The topological polar surface area (TPSA) is 52.6 Å². The number of hydrogen-bond donors (Lipinski definition) is 0. The first kappa shape index (κ1) is 7.63. The summed E-state index contributed by atoms with van der Waals surface area (Å²) in [7, 11) is -3.29. The predicted octanol–water partition coefficient (Wildman–Crippen LogP) is -0.387. The fourth-order valence-electron chi connectivity index (χ4n) is 0.159. The van der Waals surface area contributed by atoms with Crippen molar-refractivity contribution in [2.45, 2.75) is 6.55 Å². The molecule has 0 aromatic heterocycles. The zero-order valence-electron chi connectivity index (χ0n) is 4.63. The van der Waals surface area contributed by atoms with Crippen molar-refractivity contribution in [3.05, 3.63) is 0 Å². The van der Waals surface area contributed by atoms with Crippen molar-refractivity contribution in [2.75, 3.05) is 7.11 Å². The molecular weight excluding hydrogens is 144 g/mol. The third-order valence-corrected chi connectivity index (χ3v) is 2.54. The lowest BCUT2D eigenvalue weighted by atomic mass is 11.8. The molecule has 8 heavy (non-hydrogen) atoms. The Morgan fingerprint density at radius 3 is 2.00 bits per heavy atom. The molecule has 0 saturated heterocycles. The van der Waals surface area contributed by atoms with Gasteiger partial charge in [0, 0.05) is 6.55 Å². The Balaban J connectivity index is 3.40. The SMILES string of the molecule is CO[Si](=O)O[Si](C)=O. The zero-order valence-corrected chi connectivity index (χ0v) is 6.63. The van der Waals surface area contributed by atoms with Crippen LogP contribution in [0.15, 0.2) is 0 Å². The average molecular weight is 150 g/mol. The first-order valence-corrected chi connectivity index (χ1v) is 4.97. The molecule has 0 heterocycles. The van der Waals surface area contributed by atoms with Gasteiger partial charge in [-0.2, -0.15) is 0 Å². The maximum absolute atomic E-state index is 10.2. The minimum absolute atomic E-state index is 1.24. The summed E-state index contributed by atoms with van der Waals surface area (Å²) in [6.45, 7) is 1.35. The molecule has 0 amide bonds. The second-order valence-corrected chi connectivity index (χ2v) is 3.76. The normalized spacial score (nSPS) is 7.75. The highest BCUT2D eigenvalue weighted by Gasteiger charge is 2.11. The van der Waals surface area contributed by atoms with Gasteiger partial charge in [-0.15, -0.1) is 0 Å². The van der Waals surface area contributed by atoms with Crippen LogP contribution in [0.1, 0.15) is 0 Å². The molecular formula is C2H6O4Si2. The minimum atomic E-state index is -2.45. The van der Waals surface area contributed by atoms with Crippen molar-refractivity contribution in [2.24, 2.45) is 0 Å². The molecule has 6 heteroatoms. The molecule has 0 rings (SSSR count). The van der Waals surface area contributed by atoms with Crippen LogP contribution in [0, 0.1) is 0 Å². The molecule has 0 unspecified atom stereocenters. The monoisotopic (exact) mass is 150 g/mol. The molecule has 0 aromatic rings. The highest BCUT2D eigenvalue weighted by atomic mass is 28.4. The Kier molecular flexibility index (Phi) is 3.45. The standard InChI is InChI=1S/C2H6O4Si2/c1-5-8(4)6-7(2)3/h1-2H3. The third kappa shape index (κ3) is 3.81. The molecule has 0 aliphatic heterocycles. The van der Waals surface area contributed by atoms with Crippen LogP contribution in [0.25, 0.3) is 0 Å². The van der Waals surface area contributed by atoms with Crippen LogP contribution in [0.3, 0.4) is 0 Å². The first-order valence-electron chi connectivity index (χ1n) is 1.93. The van der Waals surface area contributed by atoms with Crippen molar-refractivity contribution >= 4 is 18.1 Å². The molecule has 0 radical (unpaired) electrons. The molecule has 0 atom stereocenters. The maximum Gasteiger partial charge on any atom is 0.759 e. The van der Waals surface area contributed by atoms with E-state index >= 15 is 0 Å². The third-order valence-electron chi connectivity index (χ3n) is 0.394. The van der Waals surface area contributed by atoms with Crippen molar-refractivity contribution in [1.29, 1.82) is 0 Å². The summed E-state index contributed by atoms with van der Waals surface area (Å²) in [4.78, 5) is 0. The summed E-state index contributed by atoms with van der Waals surface area (Å²) < 4.78 is 28.8. The van der Waals surface area contributed by atoms with E-state index in [0.717, 1.165) is 0 Å². The van der Waals surface area contributed by atoms with E-state index in [2.05, 4.69) is 8.54 Å². The van der Waals surface area contributed by atoms with E-state index in [1.807, 2.05) is 0 Å². The Bertz CT molecular complexity index is 111. The van der Waals surface area contributed by atoms with Crippen molar-refractivity contribution in [3.63, 3.8) is 0 Å². The Labute approximate surface area is 50.1 Å². The van der Waals surface area contributed by atoms with Gasteiger partial charge in [0.15, 0.2) is 0 Å². The smallest absolute Gasteiger partial charge is 0.499 e. The summed E-state index contributed by atoms with van der Waals surface area (Å²) in [6.07, 6.45) is 0. The summed E-state index contributed by atoms with van der Waals surface area (Å²) in [5.41, 5.74) is 0. The Morgan fingerprint density at radius 2 is 1.88 bits per heavy atom. The van der Waals surface area contributed by atoms with Gasteiger partial charge >= 0.3 is 18.1 Å². The van der Waals surface area contributed by atoms with Gasteiger partial charge in [-0.25, -0.2) is 0 Å². The quantitative estimate of drug-likeness (QED) is 0.514. The van der Waals surface area contributed by atoms with E-state index in [0.29, 0.717) is 0 Å². The molecule has 0 saturated carbocycles. The van der Waals surface area contributed by atoms with E-state index in [1.54, 1.807) is 0 Å². The van der Waals surface area contributed by atoms with E-state index in [9.17, 15) is 8.92 Å². The van der Waals surface area contributed by atoms with E-state index in [-0.39, 0.29) is 0 Å². The van der Waals surface area contributed by atoms with E-state index in [1.165, 1.54) is 13.7 Å². The van der Waals surface area contributed by atoms with E-state index in [4.69, 9.17) is 0 Å². The molecule has 4 nitrogen and oxygen atoms in total. The highest BCUT2D eigenvalue weighted by molar-refractivity contribution is 6.45. The maximum atomic E-state index is 10.2. The zero-order chi connectivity index (χ0) is 6.57.